The van der Waals surface area contributed by atoms with E-state index in [-0.39, 0.29) is 11.7 Å². The summed E-state index contributed by atoms with van der Waals surface area (Å²) in [5, 5.41) is 12.1. The molecular weight excluding hydrogens is 373 g/mol. The largest absolute Gasteiger partial charge is 0.492 e. The van der Waals surface area contributed by atoms with Gasteiger partial charge in [0, 0.05) is 32.4 Å². The summed E-state index contributed by atoms with van der Waals surface area (Å²) in [7, 11) is 0. The van der Waals surface area contributed by atoms with E-state index in [1.807, 2.05) is 0 Å². The van der Waals surface area contributed by atoms with Crippen LogP contribution < -0.4 is 15.0 Å². The maximum atomic E-state index is 12.9. The Morgan fingerprint density at radius 2 is 2.03 bits per heavy atom. The molecular formula is C21H24FN5O2. The molecule has 1 saturated heterocycles. The Morgan fingerprint density at radius 1 is 1.21 bits per heavy atom. The average Bonchev–Trinajstić information content (AvgIpc) is 2.98. The van der Waals surface area contributed by atoms with Crippen molar-refractivity contribution in [3.8, 4) is 11.8 Å². The third kappa shape index (κ3) is 6.16. The zero-order valence-electron chi connectivity index (χ0n) is 16.2. The van der Waals surface area contributed by atoms with E-state index >= 15 is 0 Å². The molecule has 0 aliphatic carbocycles. The molecule has 1 aliphatic heterocycles. The molecule has 2 heterocycles. The van der Waals surface area contributed by atoms with Crippen molar-refractivity contribution in [1.29, 1.82) is 5.26 Å². The summed E-state index contributed by atoms with van der Waals surface area (Å²) in [4.78, 5) is 20.8. The smallest absolute Gasteiger partial charge is 0.234 e. The fourth-order valence-electron chi connectivity index (χ4n) is 3.23. The number of nitriles is 1. The van der Waals surface area contributed by atoms with Gasteiger partial charge < -0.3 is 15.0 Å². The van der Waals surface area contributed by atoms with Crippen LogP contribution in [0.15, 0.2) is 42.6 Å². The van der Waals surface area contributed by atoms with Crippen LogP contribution in [0, 0.1) is 17.1 Å². The van der Waals surface area contributed by atoms with Crippen molar-refractivity contribution in [1.82, 2.24) is 15.2 Å². The number of benzene rings is 1. The zero-order valence-corrected chi connectivity index (χ0v) is 16.2. The van der Waals surface area contributed by atoms with Gasteiger partial charge in [0.1, 0.15) is 30.1 Å². The van der Waals surface area contributed by atoms with Crippen molar-refractivity contribution in [3.05, 3.63) is 54.0 Å². The van der Waals surface area contributed by atoms with Gasteiger partial charge in [-0.1, -0.05) is 0 Å². The van der Waals surface area contributed by atoms with E-state index in [2.05, 4.69) is 26.2 Å². The Hall–Kier alpha value is -3.18. The van der Waals surface area contributed by atoms with Crippen LogP contribution in [0.2, 0.25) is 0 Å². The van der Waals surface area contributed by atoms with Crippen LogP contribution in [0.5, 0.6) is 5.75 Å². The summed E-state index contributed by atoms with van der Waals surface area (Å²) in [6, 6.07) is 11.5. The second-order valence-electron chi connectivity index (χ2n) is 6.76. The molecule has 0 bridgehead atoms. The number of hydrogen-bond donors (Lipinski definition) is 1. The number of aromatic nitrogens is 1. The van der Waals surface area contributed by atoms with E-state index in [1.54, 1.807) is 30.5 Å². The quantitative estimate of drug-likeness (QED) is 0.718. The fraction of sp³-hybridized carbons (Fsp3) is 0.381. The number of hydrogen-bond acceptors (Lipinski definition) is 6. The molecule has 1 N–H and O–H groups in total. The molecule has 1 aromatic carbocycles. The molecule has 2 aromatic rings. The molecule has 0 spiro atoms. The molecule has 0 atom stereocenters. The van der Waals surface area contributed by atoms with Crippen LogP contribution in [-0.4, -0.2) is 61.7 Å². The summed E-state index contributed by atoms with van der Waals surface area (Å²) in [6.07, 6.45) is 2.59. The average molecular weight is 397 g/mol. The predicted octanol–water partition coefficient (Wildman–Crippen LogP) is 1.80. The summed E-state index contributed by atoms with van der Waals surface area (Å²) >= 11 is 0. The first-order chi connectivity index (χ1) is 14.2. The highest BCUT2D eigenvalue weighted by Gasteiger charge is 2.19. The topological polar surface area (TPSA) is 81.5 Å². The van der Waals surface area contributed by atoms with Crippen LogP contribution >= 0.6 is 0 Å². The van der Waals surface area contributed by atoms with Crippen LogP contribution in [0.1, 0.15) is 12.0 Å². The number of anilines is 1. The van der Waals surface area contributed by atoms with Gasteiger partial charge in [-0.25, -0.2) is 9.37 Å². The lowest BCUT2D eigenvalue weighted by Crippen LogP contribution is -2.40. The van der Waals surface area contributed by atoms with E-state index in [1.165, 1.54) is 12.1 Å². The number of carbonyl (C=O) groups excluding carboxylic acids is 1. The van der Waals surface area contributed by atoms with Crippen molar-refractivity contribution < 1.29 is 13.9 Å². The van der Waals surface area contributed by atoms with Gasteiger partial charge in [-0.3, -0.25) is 9.69 Å². The monoisotopic (exact) mass is 397 g/mol. The van der Waals surface area contributed by atoms with Crippen molar-refractivity contribution in [2.75, 3.05) is 50.8 Å². The Morgan fingerprint density at radius 3 is 2.83 bits per heavy atom. The molecule has 29 heavy (non-hydrogen) atoms. The van der Waals surface area contributed by atoms with Gasteiger partial charge in [-0.15, -0.1) is 0 Å². The first kappa shape index (κ1) is 20.6. The first-order valence-corrected chi connectivity index (χ1v) is 9.63. The van der Waals surface area contributed by atoms with E-state index in [9.17, 15) is 14.4 Å². The maximum absolute atomic E-state index is 12.9. The number of nitrogens with zero attached hydrogens (tertiary/aromatic N) is 4. The predicted molar refractivity (Wildman–Crippen MR) is 107 cm³/mol. The number of halogens is 1. The number of rotatable bonds is 7. The molecule has 0 saturated carbocycles. The minimum atomic E-state index is -0.312. The molecule has 8 heteroatoms. The van der Waals surface area contributed by atoms with Crippen molar-refractivity contribution in [2.45, 2.75) is 6.42 Å². The molecule has 0 radical (unpaired) electrons. The van der Waals surface area contributed by atoms with Gasteiger partial charge in [-0.2, -0.15) is 5.26 Å². The molecule has 152 valence electrons. The Bertz CT molecular complexity index is 853. The van der Waals surface area contributed by atoms with Crippen LogP contribution in [0.25, 0.3) is 0 Å². The molecule has 1 amide bonds. The standard InChI is InChI=1S/C21H24FN5O2/c22-18-4-6-19(7-5-18)29-14-9-24-20(28)16-26-10-2-11-27(13-12-26)21-17(15-23)3-1-8-25-21/h1,3-8H,2,9-14,16H2,(H,24,28). The molecule has 1 aromatic heterocycles. The summed E-state index contributed by atoms with van der Waals surface area (Å²) in [6.45, 7) is 4.07. The van der Waals surface area contributed by atoms with Crippen molar-refractivity contribution in [3.63, 3.8) is 0 Å². The minimum Gasteiger partial charge on any atom is -0.492 e. The third-order valence-electron chi connectivity index (χ3n) is 4.67. The van der Waals surface area contributed by atoms with Gasteiger partial charge in [0.15, 0.2) is 0 Å². The summed E-state index contributed by atoms with van der Waals surface area (Å²) in [5.41, 5.74) is 0.569. The first-order valence-electron chi connectivity index (χ1n) is 9.63. The molecule has 1 aliphatic rings. The lowest BCUT2D eigenvalue weighted by Gasteiger charge is -2.23. The third-order valence-corrected chi connectivity index (χ3v) is 4.67. The van der Waals surface area contributed by atoms with Gasteiger partial charge >= 0.3 is 0 Å². The van der Waals surface area contributed by atoms with Crippen LogP contribution in [-0.2, 0) is 4.79 Å². The van der Waals surface area contributed by atoms with Crippen LogP contribution in [0.3, 0.4) is 0 Å². The number of nitrogens with one attached hydrogen (secondary N) is 1. The van der Waals surface area contributed by atoms with Crippen molar-refractivity contribution in [2.24, 2.45) is 0 Å². The van der Waals surface area contributed by atoms with Gasteiger partial charge in [0.25, 0.3) is 0 Å². The highest BCUT2D eigenvalue weighted by molar-refractivity contribution is 5.78. The SMILES string of the molecule is N#Cc1cccnc1N1CCCN(CC(=O)NCCOc2ccc(F)cc2)CC1. The molecule has 0 unspecified atom stereocenters. The lowest BCUT2D eigenvalue weighted by molar-refractivity contribution is -0.122. The number of amides is 1. The Kier molecular flexibility index (Phi) is 7.36. The normalized spacial score (nSPS) is 14.7. The molecule has 1 fully saturated rings. The minimum absolute atomic E-state index is 0.0586. The van der Waals surface area contributed by atoms with Gasteiger partial charge in [-0.05, 0) is 42.8 Å². The number of pyridine rings is 1. The van der Waals surface area contributed by atoms with Gasteiger partial charge in [0.05, 0.1) is 18.7 Å². The van der Waals surface area contributed by atoms with E-state index in [0.29, 0.717) is 43.4 Å². The summed E-state index contributed by atoms with van der Waals surface area (Å²) < 4.78 is 18.3. The zero-order chi connectivity index (χ0) is 20.5. The maximum Gasteiger partial charge on any atom is 0.234 e. The van der Waals surface area contributed by atoms with Gasteiger partial charge in [0.2, 0.25) is 5.91 Å². The number of carbonyl (C=O) groups is 1. The molecule has 7 nitrogen and oxygen atoms in total. The Labute approximate surface area is 169 Å². The van der Waals surface area contributed by atoms with E-state index in [0.717, 1.165) is 26.1 Å². The fourth-order valence-corrected chi connectivity index (χ4v) is 3.23. The van der Waals surface area contributed by atoms with Crippen molar-refractivity contribution >= 4 is 11.7 Å². The highest BCUT2D eigenvalue weighted by atomic mass is 19.1. The van der Waals surface area contributed by atoms with E-state index < -0.39 is 0 Å². The number of ether oxygens (including phenoxy) is 1. The van der Waals surface area contributed by atoms with E-state index in [4.69, 9.17) is 4.74 Å². The van der Waals surface area contributed by atoms with Crippen LogP contribution in [0.4, 0.5) is 10.2 Å². The second-order valence-corrected chi connectivity index (χ2v) is 6.76. The second kappa shape index (κ2) is 10.4. The highest BCUT2D eigenvalue weighted by Crippen LogP contribution is 2.18. The molecule has 3 rings (SSSR count). The lowest BCUT2D eigenvalue weighted by atomic mass is 10.2. The Balaban J connectivity index is 1.40. The summed E-state index contributed by atoms with van der Waals surface area (Å²) in [5.74, 6) is 0.907.